The van der Waals surface area contributed by atoms with Gasteiger partial charge in [0.2, 0.25) is 5.91 Å². The van der Waals surface area contributed by atoms with Crippen LogP contribution in [-0.2, 0) is 16.0 Å². The number of rotatable bonds is 2. The van der Waals surface area contributed by atoms with Crippen molar-refractivity contribution >= 4 is 35.2 Å². The molecular formula is C15H16Cl2N2O3. The van der Waals surface area contributed by atoms with Crippen LogP contribution in [0.2, 0.25) is 10.0 Å². The van der Waals surface area contributed by atoms with E-state index in [0.717, 1.165) is 5.56 Å². The number of hydrogen-bond acceptors (Lipinski definition) is 3. The Morgan fingerprint density at radius 3 is 2.73 bits per heavy atom. The zero-order valence-corrected chi connectivity index (χ0v) is 13.7. The molecule has 3 rings (SSSR count). The smallest absolute Gasteiger partial charge is 0.410 e. The molecule has 2 fully saturated rings. The van der Waals surface area contributed by atoms with Gasteiger partial charge in [-0.25, -0.2) is 4.79 Å². The SMILES string of the molecule is CN1C[C@]2(CCN(C(=O)Cc3ccc(Cl)c(Cl)c3)C2)OC1=O. The topological polar surface area (TPSA) is 49.9 Å². The van der Waals surface area contributed by atoms with Gasteiger partial charge in [0.05, 0.1) is 29.6 Å². The van der Waals surface area contributed by atoms with Crippen molar-refractivity contribution in [3.05, 3.63) is 33.8 Å². The van der Waals surface area contributed by atoms with Crippen molar-refractivity contribution in [3.8, 4) is 0 Å². The molecule has 1 spiro atoms. The van der Waals surface area contributed by atoms with Crippen molar-refractivity contribution in [2.24, 2.45) is 0 Å². The zero-order valence-electron chi connectivity index (χ0n) is 12.1. The summed E-state index contributed by atoms with van der Waals surface area (Å²) in [5.41, 5.74) is 0.278. The first-order valence-electron chi connectivity index (χ1n) is 7.04. The highest BCUT2D eigenvalue weighted by atomic mass is 35.5. The predicted molar refractivity (Wildman–Crippen MR) is 83.2 cm³/mol. The summed E-state index contributed by atoms with van der Waals surface area (Å²) in [6, 6.07) is 5.18. The number of likely N-dealkylation sites (N-methyl/N-ethyl adjacent to an activating group) is 1. The highest BCUT2D eigenvalue weighted by molar-refractivity contribution is 6.42. The molecule has 0 unspecified atom stereocenters. The summed E-state index contributed by atoms with van der Waals surface area (Å²) in [4.78, 5) is 27.2. The second-order valence-corrected chi connectivity index (χ2v) is 6.71. The Hall–Kier alpha value is -1.46. The van der Waals surface area contributed by atoms with E-state index >= 15 is 0 Å². The van der Waals surface area contributed by atoms with E-state index in [-0.39, 0.29) is 18.4 Å². The van der Waals surface area contributed by atoms with Gasteiger partial charge in [-0.1, -0.05) is 29.3 Å². The Bertz CT molecular complexity index is 637. The van der Waals surface area contributed by atoms with Gasteiger partial charge < -0.3 is 14.5 Å². The molecule has 2 heterocycles. The van der Waals surface area contributed by atoms with Crippen molar-refractivity contribution in [2.75, 3.05) is 26.7 Å². The molecule has 0 bridgehead atoms. The molecule has 2 aliphatic heterocycles. The van der Waals surface area contributed by atoms with Gasteiger partial charge in [-0.05, 0) is 17.7 Å². The summed E-state index contributed by atoms with van der Waals surface area (Å²) in [5, 5.41) is 0.912. The fourth-order valence-electron chi connectivity index (χ4n) is 3.00. The summed E-state index contributed by atoms with van der Waals surface area (Å²) >= 11 is 11.8. The van der Waals surface area contributed by atoms with Crippen LogP contribution in [0.5, 0.6) is 0 Å². The molecule has 0 radical (unpaired) electrons. The van der Waals surface area contributed by atoms with E-state index in [1.165, 1.54) is 0 Å². The summed E-state index contributed by atoms with van der Waals surface area (Å²) in [7, 11) is 1.71. The van der Waals surface area contributed by atoms with Crippen LogP contribution in [0, 0.1) is 0 Å². The fraction of sp³-hybridized carbons (Fsp3) is 0.467. The lowest BCUT2D eigenvalue weighted by molar-refractivity contribution is -0.130. The second-order valence-electron chi connectivity index (χ2n) is 5.90. The maximum absolute atomic E-state index is 12.4. The molecule has 0 saturated carbocycles. The maximum Gasteiger partial charge on any atom is 0.410 e. The monoisotopic (exact) mass is 342 g/mol. The molecule has 7 heteroatoms. The Kier molecular flexibility index (Phi) is 3.95. The van der Waals surface area contributed by atoms with Crippen LogP contribution >= 0.6 is 23.2 Å². The van der Waals surface area contributed by atoms with Crippen LogP contribution in [0.3, 0.4) is 0 Å². The van der Waals surface area contributed by atoms with E-state index in [9.17, 15) is 9.59 Å². The second kappa shape index (κ2) is 5.63. The quantitative estimate of drug-likeness (QED) is 0.829. The number of nitrogens with zero attached hydrogens (tertiary/aromatic N) is 2. The van der Waals surface area contributed by atoms with Crippen LogP contribution in [0.25, 0.3) is 0 Å². The number of likely N-dealkylation sites (tertiary alicyclic amines) is 1. The molecule has 0 aliphatic carbocycles. The molecule has 1 aromatic carbocycles. The van der Waals surface area contributed by atoms with Crippen LogP contribution < -0.4 is 0 Å². The number of carbonyl (C=O) groups excluding carboxylic acids is 2. The Morgan fingerprint density at radius 1 is 1.32 bits per heavy atom. The third-order valence-electron chi connectivity index (χ3n) is 4.15. The Balaban J connectivity index is 1.64. The number of halogens is 2. The lowest BCUT2D eigenvalue weighted by atomic mass is 10.0. The Labute approximate surface area is 138 Å². The minimum absolute atomic E-state index is 0.000802. The summed E-state index contributed by atoms with van der Waals surface area (Å²) in [6.07, 6.45) is 0.617. The van der Waals surface area contributed by atoms with Gasteiger partial charge in [-0.2, -0.15) is 0 Å². The average molecular weight is 343 g/mol. The van der Waals surface area contributed by atoms with Gasteiger partial charge in [0.15, 0.2) is 5.60 Å². The average Bonchev–Trinajstić information content (AvgIpc) is 2.98. The number of hydrogen-bond donors (Lipinski definition) is 0. The number of benzene rings is 1. The third kappa shape index (κ3) is 2.88. The van der Waals surface area contributed by atoms with Gasteiger partial charge in [0.25, 0.3) is 0 Å². The molecule has 22 heavy (non-hydrogen) atoms. The van der Waals surface area contributed by atoms with Gasteiger partial charge in [-0.15, -0.1) is 0 Å². The molecule has 0 aromatic heterocycles. The highest BCUT2D eigenvalue weighted by Crippen LogP contribution is 2.32. The molecule has 118 valence electrons. The largest absolute Gasteiger partial charge is 0.439 e. The first-order chi connectivity index (χ1) is 10.4. The van der Waals surface area contributed by atoms with E-state index in [2.05, 4.69) is 0 Å². The molecule has 1 atom stereocenters. The molecule has 0 N–H and O–H groups in total. The number of amides is 2. The number of carbonyl (C=O) groups is 2. The van der Waals surface area contributed by atoms with E-state index in [4.69, 9.17) is 27.9 Å². The fourth-order valence-corrected chi connectivity index (χ4v) is 3.32. The van der Waals surface area contributed by atoms with E-state index < -0.39 is 5.60 Å². The van der Waals surface area contributed by atoms with Gasteiger partial charge in [0, 0.05) is 20.0 Å². The summed E-state index contributed by atoms with van der Waals surface area (Å²) < 4.78 is 5.44. The van der Waals surface area contributed by atoms with Crippen LogP contribution in [0.1, 0.15) is 12.0 Å². The van der Waals surface area contributed by atoms with Crippen molar-refractivity contribution in [3.63, 3.8) is 0 Å². The Morgan fingerprint density at radius 2 is 2.09 bits per heavy atom. The summed E-state index contributed by atoms with van der Waals surface area (Å²) in [5.74, 6) is 0.000802. The van der Waals surface area contributed by atoms with Crippen molar-refractivity contribution in [2.45, 2.75) is 18.4 Å². The number of ether oxygens (including phenoxy) is 1. The molecular weight excluding hydrogens is 327 g/mol. The molecule has 2 saturated heterocycles. The van der Waals surface area contributed by atoms with Gasteiger partial charge in [0.1, 0.15) is 0 Å². The standard InChI is InChI=1S/C15H16Cl2N2O3/c1-18-8-15(22-14(18)21)4-5-19(9-15)13(20)7-10-2-3-11(16)12(17)6-10/h2-3,6H,4-5,7-9H2,1H3/t15-/m0/s1. The zero-order chi connectivity index (χ0) is 15.9. The third-order valence-corrected chi connectivity index (χ3v) is 4.89. The first kappa shape index (κ1) is 15.4. The van der Waals surface area contributed by atoms with E-state index in [1.54, 1.807) is 35.0 Å². The van der Waals surface area contributed by atoms with E-state index in [0.29, 0.717) is 36.1 Å². The normalized spacial score (nSPS) is 24.2. The maximum atomic E-state index is 12.4. The van der Waals surface area contributed by atoms with Crippen LogP contribution in [-0.4, -0.2) is 54.1 Å². The van der Waals surface area contributed by atoms with Gasteiger partial charge >= 0.3 is 6.09 Å². The molecule has 2 aliphatic rings. The van der Waals surface area contributed by atoms with Gasteiger partial charge in [-0.3, -0.25) is 4.79 Å². The lowest BCUT2D eigenvalue weighted by Crippen LogP contribution is -2.39. The first-order valence-corrected chi connectivity index (χ1v) is 7.80. The van der Waals surface area contributed by atoms with Crippen molar-refractivity contribution in [1.29, 1.82) is 0 Å². The summed E-state index contributed by atoms with van der Waals surface area (Å²) in [6.45, 7) is 1.58. The molecule has 2 amide bonds. The molecule has 5 nitrogen and oxygen atoms in total. The predicted octanol–water partition coefficient (Wildman–Crippen LogP) is 2.59. The highest BCUT2D eigenvalue weighted by Gasteiger charge is 2.49. The minimum atomic E-state index is -0.543. The minimum Gasteiger partial charge on any atom is -0.439 e. The lowest BCUT2D eigenvalue weighted by Gasteiger charge is -2.21. The van der Waals surface area contributed by atoms with Crippen LogP contribution in [0.15, 0.2) is 18.2 Å². The van der Waals surface area contributed by atoms with E-state index in [1.807, 2.05) is 0 Å². The van der Waals surface area contributed by atoms with Crippen LogP contribution in [0.4, 0.5) is 4.79 Å². The molecule has 1 aromatic rings. The van der Waals surface area contributed by atoms with Crippen molar-refractivity contribution in [1.82, 2.24) is 9.80 Å². The van der Waals surface area contributed by atoms with Crippen molar-refractivity contribution < 1.29 is 14.3 Å².